The lowest BCUT2D eigenvalue weighted by molar-refractivity contribution is 1.77. The minimum absolute atomic E-state index is 0.196. The highest BCUT2D eigenvalue weighted by molar-refractivity contribution is 9.10. The third kappa shape index (κ3) is 1.31. The van der Waals surface area contributed by atoms with Gasteiger partial charge in [0.2, 0.25) is 15.4 Å². The molecular formula is C8H5BrClS+. The van der Waals surface area contributed by atoms with E-state index in [4.69, 9.17) is 10.7 Å². The van der Waals surface area contributed by atoms with Crippen LogP contribution in [0.1, 0.15) is 0 Å². The Labute approximate surface area is 80.4 Å². The van der Waals surface area contributed by atoms with E-state index < -0.39 is 0 Å². The number of benzene rings is 1. The van der Waals surface area contributed by atoms with Crippen molar-refractivity contribution in [3.05, 3.63) is 34.1 Å². The zero-order valence-electron chi connectivity index (χ0n) is 5.55. The van der Waals surface area contributed by atoms with Crippen LogP contribution in [-0.2, 0) is 0 Å². The molecule has 0 spiro atoms. The van der Waals surface area contributed by atoms with Crippen LogP contribution in [0.25, 0.3) is 10.1 Å². The Morgan fingerprint density at radius 2 is 2.09 bits per heavy atom. The fourth-order valence-electron chi connectivity index (χ4n) is 1.02. The second kappa shape index (κ2) is 2.77. The predicted molar refractivity (Wildman–Crippen MR) is 55.4 cm³/mol. The van der Waals surface area contributed by atoms with Gasteiger partial charge in [0.25, 0.3) is 0 Å². The van der Waals surface area contributed by atoms with Gasteiger partial charge in [0.05, 0.1) is 0 Å². The Morgan fingerprint density at radius 3 is 2.91 bits per heavy atom. The molecule has 0 saturated heterocycles. The summed E-state index contributed by atoms with van der Waals surface area (Å²) in [6.07, 6.45) is 0. The Morgan fingerprint density at radius 1 is 1.27 bits per heavy atom. The first kappa shape index (κ1) is 7.59. The topological polar surface area (TPSA) is 0 Å². The lowest BCUT2D eigenvalue weighted by Gasteiger charge is -1.85. The summed E-state index contributed by atoms with van der Waals surface area (Å²) in [5.74, 6) is 0. The first-order chi connectivity index (χ1) is 5.27. The van der Waals surface area contributed by atoms with E-state index >= 15 is 0 Å². The van der Waals surface area contributed by atoms with Crippen molar-refractivity contribution < 1.29 is 0 Å². The molecule has 1 heterocycles. The molecule has 1 aromatic heterocycles. The zero-order valence-corrected chi connectivity index (χ0v) is 8.71. The Balaban J connectivity index is 2.87. The highest BCUT2D eigenvalue weighted by Gasteiger charge is 2.09. The summed E-state index contributed by atoms with van der Waals surface area (Å²) in [5.41, 5.74) is 0. The van der Waals surface area contributed by atoms with Crippen molar-refractivity contribution in [2.24, 2.45) is 0 Å². The van der Waals surface area contributed by atoms with Crippen molar-refractivity contribution in [1.82, 2.24) is 0 Å². The van der Waals surface area contributed by atoms with Gasteiger partial charge in [-0.25, -0.2) is 0 Å². The van der Waals surface area contributed by atoms with Crippen molar-refractivity contribution in [1.29, 1.82) is 0 Å². The van der Waals surface area contributed by atoms with E-state index in [0.717, 1.165) is 4.47 Å². The molecule has 0 nitrogen and oxygen atoms in total. The van der Waals surface area contributed by atoms with Gasteiger partial charge in [-0.05, 0) is 12.1 Å². The molecule has 0 amide bonds. The fourth-order valence-corrected chi connectivity index (χ4v) is 3.10. The smallest absolute Gasteiger partial charge is 0.0506 e. The van der Waals surface area contributed by atoms with Gasteiger partial charge < -0.3 is 0 Å². The Bertz CT molecular complexity index is 394. The molecule has 2 rings (SSSR count). The third-order valence-corrected chi connectivity index (χ3v) is 4.00. The number of halogens is 2. The van der Waals surface area contributed by atoms with Crippen LogP contribution in [0, 0.1) is 0 Å². The van der Waals surface area contributed by atoms with Gasteiger partial charge in [0.15, 0.2) is 5.38 Å². The van der Waals surface area contributed by atoms with Gasteiger partial charge in [-0.1, -0.05) is 15.9 Å². The summed E-state index contributed by atoms with van der Waals surface area (Å²) in [4.78, 5) is 0. The van der Waals surface area contributed by atoms with Crippen LogP contribution in [0.15, 0.2) is 34.1 Å². The maximum Gasteiger partial charge on any atom is 0.210 e. The summed E-state index contributed by atoms with van der Waals surface area (Å²) < 4.78 is 2.32. The lowest BCUT2D eigenvalue weighted by atomic mass is 10.3. The van der Waals surface area contributed by atoms with E-state index in [0.29, 0.717) is 0 Å². The third-order valence-electron chi connectivity index (χ3n) is 1.55. The average Bonchev–Trinajstić information content (AvgIpc) is 2.33. The molecule has 0 aliphatic heterocycles. The van der Waals surface area contributed by atoms with Gasteiger partial charge in [0, 0.05) is 22.0 Å². The SMILES string of the molecule is Cl[s+]1ccc2ccc(Br)cc21. The van der Waals surface area contributed by atoms with Crippen molar-refractivity contribution >= 4 is 46.4 Å². The summed E-state index contributed by atoms with van der Waals surface area (Å²) >= 11 is 3.41. The van der Waals surface area contributed by atoms with Gasteiger partial charge in [-0.2, -0.15) is 0 Å². The maximum atomic E-state index is 6.03. The summed E-state index contributed by atoms with van der Waals surface area (Å²) in [7, 11) is 5.84. The highest BCUT2D eigenvalue weighted by Crippen LogP contribution is 2.36. The summed E-state index contributed by atoms with van der Waals surface area (Å²) in [5, 5.41) is 3.27. The molecule has 0 aliphatic carbocycles. The van der Waals surface area contributed by atoms with Crippen molar-refractivity contribution in [2.45, 2.75) is 0 Å². The van der Waals surface area contributed by atoms with Crippen molar-refractivity contribution in [2.75, 3.05) is 0 Å². The molecular weight excluding hydrogens is 244 g/mol. The van der Waals surface area contributed by atoms with Gasteiger partial charge in [-0.3, -0.25) is 0 Å². The number of rotatable bonds is 0. The molecule has 1 aromatic carbocycles. The van der Waals surface area contributed by atoms with E-state index in [2.05, 4.69) is 34.1 Å². The highest BCUT2D eigenvalue weighted by atomic mass is 79.9. The molecule has 0 aliphatic rings. The molecule has 0 fully saturated rings. The summed E-state index contributed by atoms with van der Waals surface area (Å²) in [6.45, 7) is 0. The van der Waals surface area contributed by atoms with Crippen LogP contribution in [0.5, 0.6) is 0 Å². The number of hydrogen-bond donors (Lipinski definition) is 0. The average molecular weight is 249 g/mol. The van der Waals surface area contributed by atoms with Gasteiger partial charge in [0.1, 0.15) is 9.68 Å². The molecule has 56 valence electrons. The van der Waals surface area contributed by atoms with Crippen LogP contribution >= 0.6 is 36.3 Å². The Hall–Kier alpha value is -0.0500. The first-order valence-corrected chi connectivity index (χ1v) is 6.05. The molecule has 1 atom stereocenters. The molecule has 0 bridgehead atoms. The number of hydrogen-bond acceptors (Lipinski definition) is 0. The molecule has 11 heavy (non-hydrogen) atoms. The van der Waals surface area contributed by atoms with Crippen LogP contribution in [0.2, 0.25) is 0 Å². The molecule has 1 unspecified atom stereocenters. The minimum Gasteiger partial charge on any atom is -0.0506 e. The van der Waals surface area contributed by atoms with E-state index in [1.54, 1.807) is 0 Å². The first-order valence-electron chi connectivity index (χ1n) is 3.14. The second-order valence-corrected chi connectivity index (χ2v) is 5.46. The van der Waals surface area contributed by atoms with E-state index in [-0.39, 0.29) is 9.68 Å². The van der Waals surface area contributed by atoms with Crippen molar-refractivity contribution in [3.63, 3.8) is 0 Å². The largest absolute Gasteiger partial charge is 0.210 e. The normalized spacial score (nSPS) is 12.4. The Kier molecular flexibility index (Phi) is 1.91. The number of fused-ring (bicyclic) bond motifs is 1. The lowest BCUT2D eigenvalue weighted by Crippen LogP contribution is -1.62. The molecule has 3 heteroatoms. The molecule has 0 radical (unpaired) electrons. The molecule has 0 saturated carbocycles. The van der Waals surface area contributed by atoms with Crippen LogP contribution in [0.3, 0.4) is 0 Å². The fraction of sp³-hybridized carbons (Fsp3) is 0. The quantitative estimate of drug-likeness (QED) is 0.608. The van der Waals surface area contributed by atoms with Crippen LogP contribution < -0.4 is 0 Å². The van der Waals surface area contributed by atoms with E-state index in [1.165, 1.54) is 10.1 Å². The van der Waals surface area contributed by atoms with Crippen molar-refractivity contribution in [3.8, 4) is 0 Å². The van der Waals surface area contributed by atoms with Gasteiger partial charge >= 0.3 is 0 Å². The van der Waals surface area contributed by atoms with Gasteiger partial charge in [-0.15, -0.1) is 0 Å². The second-order valence-electron chi connectivity index (χ2n) is 2.27. The summed E-state index contributed by atoms with van der Waals surface area (Å²) in [6, 6.07) is 8.25. The molecule has 0 N–H and O–H groups in total. The maximum absolute atomic E-state index is 6.03. The van der Waals surface area contributed by atoms with E-state index in [9.17, 15) is 0 Å². The number of thiophene rings is 1. The van der Waals surface area contributed by atoms with E-state index in [1.807, 2.05) is 11.4 Å². The minimum atomic E-state index is -0.196. The standard InChI is InChI=1S/C8H5BrClS/c9-7-2-1-6-3-4-11(10)8(6)5-7/h1-5H/q+1. The monoisotopic (exact) mass is 247 g/mol. The predicted octanol–water partition coefficient (Wildman–Crippen LogP) is 4.35. The van der Waals surface area contributed by atoms with Crippen LogP contribution in [0.4, 0.5) is 0 Å². The molecule has 2 aromatic rings. The van der Waals surface area contributed by atoms with Crippen LogP contribution in [-0.4, -0.2) is 0 Å². The zero-order chi connectivity index (χ0) is 7.84.